The molecule has 1 aliphatic carbocycles. The molecule has 1 unspecified atom stereocenters. The number of allylic oxidation sites excluding steroid dienone is 4. The van der Waals surface area contributed by atoms with Gasteiger partial charge < -0.3 is 0 Å². The minimum atomic E-state index is 0.572. The Balaban J connectivity index is 2.28. The Morgan fingerprint density at radius 3 is 2.38 bits per heavy atom. The van der Waals surface area contributed by atoms with E-state index < -0.39 is 0 Å². The lowest BCUT2D eigenvalue weighted by atomic mass is 9.85. The molecular weight excluding hydrogens is 192 g/mol. The minimum absolute atomic E-state index is 0.572. The van der Waals surface area contributed by atoms with E-state index in [-0.39, 0.29) is 0 Å². The molecule has 1 aromatic carbocycles. The van der Waals surface area contributed by atoms with Gasteiger partial charge in [-0.15, -0.1) is 0 Å². The first-order chi connectivity index (χ1) is 7.58. The zero-order chi connectivity index (χ0) is 11.7. The fraction of sp³-hybridized carbons (Fsp3) is 0.375. The molecule has 1 aromatic rings. The Kier molecular flexibility index (Phi) is 3.00. The highest BCUT2D eigenvalue weighted by atomic mass is 14.2. The van der Waals surface area contributed by atoms with E-state index >= 15 is 0 Å². The Morgan fingerprint density at radius 1 is 1.00 bits per heavy atom. The van der Waals surface area contributed by atoms with E-state index in [9.17, 15) is 0 Å². The van der Waals surface area contributed by atoms with Crippen LogP contribution in [0.4, 0.5) is 0 Å². The first kappa shape index (κ1) is 11.2. The highest BCUT2D eigenvalue weighted by molar-refractivity contribution is 5.38. The van der Waals surface area contributed by atoms with Gasteiger partial charge in [0.1, 0.15) is 0 Å². The van der Waals surface area contributed by atoms with Crippen LogP contribution in [0.1, 0.15) is 42.9 Å². The van der Waals surface area contributed by atoms with E-state index in [0.29, 0.717) is 5.92 Å². The van der Waals surface area contributed by atoms with E-state index in [1.807, 2.05) is 0 Å². The summed E-state index contributed by atoms with van der Waals surface area (Å²) in [6.45, 7) is 8.81. The molecule has 0 heterocycles. The zero-order valence-electron chi connectivity index (χ0n) is 10.7. The van der Waals surface area contributed by atoms with Crippen LogP contribution >= 0.6 is 0 Å². The van der Waals surface area contributed by atoms with Gasteiger partial charge in [-0.2, -0.15) is 0 Å². The normalized spacial score (nSPS) is 20.4. The van der Waals surface area contributed by atoms with Crippen molar-refractivity contribution >= 4 is 0 Å². The third-order valence-corrected chi connectivity index (χ3v) is 3.74. The molecule has 0 aliphatic heterocycles. The summed E-state index contributed by atoms with van der Waals surface area (Å²) in [5.74, 6) is 0.572. The summed E-state index contributed by atoms with van der Waals surface area (Å²) in [4.78, 5) is 0. The molecule has 2 rings (SSSR count). The summed E-state index contributed by atoms with van der Waals surface area (Å²) in [5.41, 5.74) is 7.18. The van der Waals surface area contributed by atoms with Gasteiger partial charge in [-0.1, -0.05) is 41.5 Å². The van der Waals surface area contributed by atoms with Gasteiger partial charge in [0.05, 0.1) is 0 Å². The smallest absolute Gasteiger partial charge is 0.00585 e. The number of benzene rings is 1. The number of rotatable bonds is 1. The highest BCUT2D eigenvalue weighted by Crippen LogP contribution is 2.31. The number of hydrogen-bond donors (Lipinski definition) is 0. The molecule has 0 amide bonds. The Labute approximate surface area is 98.7 Å². The molecule has 1 atom stereocenters. The first-order valence-corrected chi connectivity index (χ1v) is 5.99. The van der Waals surface area contributed by atoms with Crippen LogP contribution in [0, 0.1) is 13.8 Å². The van der Waals surface area contributed by atoms with Gasteiger partial charge in [0.15, 0.2) is 0 Å². The van der Waals surface area contributed by atoms with Gasteiger partial charge in [0, 0.05) is 5.92 Å². The van der Waals surface area contributed by atoms with Crippen LogP contribution in [0.25, 0.3) is 0 Å². The molecule has 0 heteroatoms. The molecule has 0 saturated heterocycles. The largest absolute Gasteiger partial charge is 0.0764 e. The molecule has 0 nitrogen and oxygen atoms in total. The van der Waals surface area contributed by atoms with Crippen molar-refractivity contribution in [3.05, 3.63) is 58.2 Å². The average Bonchev–Trinajstić information content (AvgIpc) is 2.26. The molecule has 1 aliphatic rings. The van der Waals surface area contributed by atoms with E-state index in [1.165, 1.54) is 34.3 Å². The maximum atomic E-state index is 2.34. The maximum absolute atomic E-state index is 2.34. The fourth-order valence-electron chi connectivity index (χ4n) is 2.19. The lowest BCUT2D eigenvalue weighted by molar-refractivity contribution is 0.800. The molecule has 0 spiro atoms. The fourth-order valence-corrected chi connectivity index (χ4v) is 2.19. The van der Waals surface area contributed by atoms with Gasteiger partial charge in [0.2, 0.25) is 0 Å². The lowest BCUT2D eigenvalue weighted by Gasteiger charge is -2.20. The van der Waals surface area contributed by atoms with Crippen LogP contribution in [-0.2, 0) is 0 Å². The zero-order valence-corrected chi connectivity index (χ0v) is 10.7. The van der Waals surface area contributed by atoms with Crippen LogP contribution in [0.3, 0.4) is 0 Å². The van der Waals surface area contributed by atoms with Crippen molar-refractivity contribution in [2.75, 3.05) is 0 Å². The van der Waals surface area contributed by atoms with Crippen molar-refractivity contribution in [3.63, 3.8) is 0 Å². The van der Waals surface area contributed by atoms with Crippen molar-refractivity contribution in [2.45, 2.75) is 40.0 Å². The quantitative estimate of drug-likeness (QED) is 0.634. The topological polar surface area (TPSA) is 0 Å². The van der Waals surface area contributed by atoms with E-state index in [1.54, 1.807) is 0 Å². The third-order valence-electron chi connectivity index (χ3n) is 3.74. The summed E-state index contributed by atoms with van der Waals surface area (Å²) < 4.78 is 0. The number of hydrogen-bond acceptors (Lipinski definition) is 0. The first-order valence-electron chi connectivity index (χ1n) is 5.99. The standard InChI is InChI=1S/C16H20/c1-11-5-7-15(9-13(11)3)16-8-6-12(2)14(4)10-16/h5-9,16H,10H2,1-4H3. The summed E-state index contributed by atoms with van der Waals surface area (Å²) in [6.07, 6.45) is 5.77. The van der Waals surface area contributed by atoms with Crippen LogP contribution in [0.5, 0.6) is 0 Å². The molecule has 0 saturated carbocycles. The molecule has 0 aromatic heterocycles. The molecule has 16 heavy (non-hydrogen) atoms. The Morgan fingerprint density at radius 2 is 1.75 bits per heavy atom. The SMILES string of the molecule is CC1=C(C)CC(c2ccc(C)c(C)c2)C=C1. The summed E-state index contributed by atoms with van der Waals surface area (Å²) in [6, 6.07) is 6.84. The second-order valence-corrected chi connectivity index (χ2v) is 4.98. The Hall–Kier alpha value is -1.30. The summed E-state index contributed by atoms with van der Waals surface area (Å²) in [5, 5.41) is 0. The van der Waals surface area contributed by atoms with E-state index in [0.717, 1.165) is 0 Å². The second kappa shape index (κ2) is 4.29. The molecule has 84 valence electrons. The van der Waals surface area contributed by atoms with Crippen LogP contribution < -0.4 is 0 Å². The second-order valence-electron chi connectivity index (χ2n) is 4.98. The maximum Gasteiger partial charge on any atom is 0.00585 e. The van der Waals surface area contributed by atoms with Gasteiger partial charge in [-0.25, -0.2) is 0 Å². The van der Waals surface area contributed by atoms with Crippen LogP contribution in [-0.4, -0.2) is 0 Å². The van der Waals surface area contributed by atoms with Crippen molar-refractivity contribution < 1.29 is 0 Å². The predicted octanol–water partition coefficient (Wildman–Crippen LogP) is 4.68. The van der Waals surface area contributed by atoms with E-state index in [4.69, 9.17) is 0 Å². The lowest BCUT2D eigenvalue weighted by Crippen LogP contribution is -2.02. The molecular formula is C16H20. The summed E-state index contributed by atoms with van der Waals surface area (Å²) >= 11 is 0. The van der Waals surface area contributed by atoms with Gasteiger partial charge >= 0.3 is 0 Å². The minimum Gasteiger partial charge on any atom is -0.0764 e. The van der Waals surface area contributed by atoms with E-state index in [2.05, 4.69) is 58.0 Å². The third kappa shape index (κ3) is 2.11. The Bertz CT molecular complexity index is 461. The molecule has 0 N–H and O–H groups in total. The number of aryl methyl sites for hydroxylation is 2. The average molecular weight is 212 g/mol. The van der Waals surface area contributed by atoms with Gasteiger partial charge in [-0.3, -0.25) is 0 Å². The monoisotopic (exact) mass is 212 g/mol. The van der Waals surface area contributed by atoms with Crippen molar-refractivity contribution in [3.8, 4) is 0 Å². The van der Waals surface area contributed by atoms with Crippen molar-refractivity contribution in [2.24, 2.45) is 0 Å². The van der Waals surface area contributed by atoms with Crippen LogP contribution in [0.15, 0.2) is 41.5 Å². The van der Waals surface area contributed by atoms with Gasteiger partial charge in [-0.05, 0) is 50.8 Å². The highest BCUT2D eigenvalue weighted by Gasteiger charge is 2.13. The summed E-state index contributed by atoms with van der Waals surface area (Å²) in [7, 11) is 0. The van der Waals surface area contributed by atoms with Crippen molar-refractivity contribution in [1.29, 1.82) is 0 Å². The molecule has 0 bridgehead atoms. The van der Waals surface area contributed by atoms with Crippen LogP contribution in [0.2, 0.25) is 0 Å². The molecule has 0 radical (unpaired) electrons. The van der Waals surface area contributed by atoms with Crippen molar-refractivity contribution in [1.82, 2.24) is 0 Å². The molecule has 0 fully saturated rings. The van der Waals surface area contributed by atoms with Gasteiger partial charge in [0.25, 0.3) is 0 Å². The predicted molar refractivity (Wildman–Crippen MR) is 70.8 cm³/mol.